The SMILES string of the molecule is NC1c2ncccc2C(=O)N1c1ccccc1. The van der Waals surface area contributed by atoms with Crippen LogP contribution in [0.25, 0.3) is 0 Å². The lowest BCUT2D eigenvalue weighted by molar-refractivity contribution is 0.0991. The lowest BCUT2D eigenvalue weighted by atomic mass is 10.2. The van der Waals surface area contributed by atoms with Crippen LogP contribution in [-0.4, -0.2) is 10.9 Å². The zero-order valence-corrected chi connectivity index (χ0v) is 9.08. The molecule has 1 amide bonds. The van der Waals surface area contributed by atoms with Gasteiger partial charge in [-0.25, -0.2) is 0 Å². The molecule has 1 aliphatic heterocycles. The summed E-state index contributed by atoms with van der Waals surface area (Å²) in [7, 11) is 0. The van der Waals surface area contributed by atoms with E-state index in [9.17, 15) is 4.79 Å². The highest BCUT2D eigenvalue weighted by Gasteiger charge is 2.36. The van der Waals surface area contributed by atoms with Crippen LogP contribution in [0.1, 0.15) is 22.2 Å². The second-order valence-corrected chi connectivity index (χ2v) is 3.89. The number of fused-ring (bicyclic) bond motifs is 1. The molecule has 0 saturated heterocycles. The third-order valence-corrected chi connectivity index (χ3v) is 2.88. The Labute approximate surface area is 98.7 Å². The van der Waals surface area contributed by atoms with E-state index in [-0.39, 0.29) is 5.91 Å². The smallest absolute Gasteiger partial charge is 0.261 e. The Kier molecular flexibility index (Phi) is 2.16. The second-order valence-electron chi connectivity index (χ2n) is 3.89. The van der Waals surface area contributed by atoms with Crippen LogP contribution in [0, 0.1) is 0 Å². The summed E-state index contributed by atoms with van der Waals surface area (Å²) in [6.07, 6.45) is 1.15. The zero-order valence-electron chi connectivity index (χ0n) is 9.08. The fourth-order valence-electron chi connectivity index (χ4n) is 2.08. The van der Waals surface area contributed by atoms with Gasteiger partial charge in [0.25, 0.3) is 5.91 Å². The Morgan fingerprint density at radius 2 is 1.88 bits per heavy atom. The summed E-state index contributed by atoms with van der Waals surface area (Å²) in [6, 6.07) is 12.9. The van der Waals surface area contributed by atoms with Gasteiger partial charge in [0.1, 0.15) is 6.17 Å². The first-order valence-corrected chi connectivity index (χ1v) is 5.38. The van der Waals surface area contributed by atoms with Crippen molar-refractivity contribution >= 4 is 11.6 Å². The Morgan fingerprint density at radius 3 is 2.59 bits per heavy atom. The monoisotopic (exact) mass is 225 g/mol. The van der Waals surface area contributed by atoms with E-state index in [0.29, 0.717) is 11.3 Å². The Balaban J connectivity index is 2.10. The highest BCUT2D eigenvalue weighted by molar-refractivity contribution is 6.10. The first-order valence-electron chi connectivity index (χ1n) is 5.38. The van der Waals surface area contributed by atoms with Crippen molar-refractivity contribution < 1.29 is 4.79 Å². The topological polar surface area (TPSA) is 59.2 Å². The summed E-state index contributed by atoms with van der Waals surface area (Å²) in [4.78, 5) is 18.0. The molecule has 17 heavy (non-hydrogen) atoms. The van der Waals surface area contributed by atoms with Crippen LogP contribution in [0.2, 0.25) is 0 Å². The zero-order chi connectivity index (χ0) is 11.8. The van der Waals surface area contributed by atoms with Gasteiger partial charge in [0.2, 0.25) is 0 Å². The molecule has 2 aromatic rings. The Hall–Kier alpha value is -2.20. The average Bonchev–Trinajstić information content (AvgIpc) is 2.64. The number of carbonyl (C=O) groups excluding carboxylic acids is 1. The van der Waals surface area contributed by atoms with E-state index in [0.717, 1.165) is 5.69 Å². The summed E-state index contributed by atoms with van der Waals surface area (Å²) in [5.41, 5.74) is 8.08. The van der Waals surface area contributed by atoms with Gasteiger partial charge in [-0.05, 0) is 24.3 Å². The van der Waals surface area contributed by atoms with Crippen molar-refractivity contribution in [2.75, 3.05) is 4.90 Å². The fraction of sp³-hybridized carbons (Fsp3) is 0.0769. The molecule has 2 N–H and O–H groups in total. The van der Waals surface area contributed by atoms with Gasteiger partial charge in [0.05, 0.1) is 11.3 Å². The van der Waals surface area contributed by atoms with Crippen molar-refractivity contribution in [3.05, 3.63) is 59.9 Å². The lowest BCUT2D eigenvalue weighted by Gasteiger charge is -2.21. The van der Waals surface area contributed by atoms with E-state index in [2.05, 4.69) is 4.98 Å². The summed E-state index contributed by atoms with van der Waals surface area (Å²) in [6.45, 7) is 0. The molecule has 0 bridgehead atoms. The predicted molar refractivity (Wildman–Crippen MR) is 64.4 cm³/mol. The Morgan fingerprint density at radius 1 is 1.12 bits per heavy atom. The molecule has 3 rings (SSSR count). The van der Waals surface area contributed by atoms with Gasteiger partial charge in [-0.2, -0.15) is 0 Å². The highest BCUT2D eigenvalue weighted by Crippen LogP contribution is 2.32. The number of anilines is 1. The molecule has 1 aliphatic rings. The van der Waals surface area contributed by atoms with Gasteiger partial charge in [-0.1, -0.05) is 18.2 Å². The first kappa shape index (κ1) is 9.99. The van der Waals surface area contributed by atoms with Gasteiger partial charge < -0.3 is 5.73 Å². The van der Waals surface area contributed by atoms with Crippen molar-refractivity contribution in [1.29, 1.82) is 0 Å². The normalized spacial score (nSPS) is 18.3. The molecule has 1 aromatic heterocycles. The summed E-state index contributed by atoms with van der Waals surface area (Å²) < 4.78 is 0. The number of carbonyl (C=O) groups is 1. The molecule has 84 valence electrons. The molecule has 0 saturated carbocycles. The van der Waals surface area contributed by atoms with Crippen LogP contribution in [0.5, 0.6) is 0 Å². The third kappa shape index (κ3) is 1.42. The number of rotatable bonds is 1. The van der Waals surface area contributed by atoms with Gasteiger partial charge >= 0.3 is 0 Å². The number of aromatic nitrogens is 1. The van der Waals surface area contributed by atoms with Crippen molar-refractivity contribution in [3.8, 4) is 0 Å². The molecule has 0 spiro atoms. The van der Waals surface area contributed by atoms with Gasteiger partial charge in [-0.15, -0.1) is 0 Å². The number of benzene rings is 1. The van der Waals surface area contributed by atoms with E-state index in [4.69, 9.17) is 5.73 Å². The minimum Gasteiger partial charge on any atom is -0.306 e. The minimum absolute atomic E-state index is 0.0909. The first-order chi connectivity index (χ1) is 8.29. The maximum absolute atomic E-state index is 12.2. The van der Waals surface area contributed by atoms with Gasteiger partial charge in [0, 0.05) is 11.9 Å². The number of hydrogen-bond acceptors (Lipinski definition) is 3. The largest absolute Gasteiger partial charge is 0.306 e. The van der Waals surface area contributed by atoms with Crippen LogP contribution in [0.3, 0.4) is 0 Å². The molecule has 1 atom stereocenters. The van der Waals surface area contributed by atoms with E-state index >= 15 is 0 Å². The molecule has 0 radical (unpaired) electrons. The number of para-hydroxylation sites is 1. The van der Waals surface area contributed by atoms with E-state index in [1.165, 1.54) is 0 Å². The summed E-state index contributed by atoms with van der Waals surface area (Å²) >= 11 is 0. The van der Waals surface area contributed by atoms with Crippen LogP contribution < -0.4 is 10.6 Å². The number of nitrogens with zero attached hydrogens (tertiary/aromatic N) is 2. The number of nitrogens with two attached hydrogens (primary N) is 1. The van der Waals surface area contributed by atoms with Crippen molar-refractivity contribution in [3.63, 3.8) is 0 Å². The molecule has 0 aliphatic carbocycles. The van der Waals surface area contributed by atoms with Crippen LogP contribution in [0.15, 0.2) is 48.7 Å². The van der Waals surface area contributed by atoms with Gasteiger partial charge in [0.15, 0.2) is 0 Å². The van der Waals surface area contributed by atoms with Gasteiger partial charge in [-0.3, -0.25) is 14.7 Å². The molecular formula is C13H11N3O. The van der Waals surface area contributed by atoms with E-state index < -0.39 is 6.17 Å². The van der Waals surface area contributed by atoms with Crippen molar-refractivity contribution in [2.24, 2.45) is 5.73 Å². The summed E-state index contributed by atoms with van der Waals surface area (Å²) in [5.74, 6) is -0.0909. The molecule has 2 heterocycles. The van der Waals surface area contributed by atoms with E-state index in [1.54, 1.807) is 23.2 Å². The standard InChI is InChI=1S/C13H11N3O/c14-12-11-10(7-4-8-15-11)13(17)16(12)9-5-2-1-3-6-9/h1-8,12H,14H2. The van der Waals surface area contributed by atoms with E-state index in [1.807, 2.05) is 30.3 Å². The van der Waals surface area contributed by atoms with Crippen molar-refractivity contribution in [2.45, 2.75) is 6.17 Å². The van der Waals surface area contributed by atoms with Crippen LogP contribution >= 0.6 is 0 Å². The maximum atomic E-state index is 12.2. The molecule has 0 fully saturated rings. The number of amides is 1. The van der Waals surface area contributed by atoms with Crippen LogP contribution in [0.4, 0.5) is 5.69 Å². The average molecular weight is 225 g/mol. The molecule has 4 heteroatoms. The third-order valence-electron chi connectivity index (χ3n) is 2.88. The Bertz CT molecular complexity index is 568. The molecular weight excluding hydrogens is 214 g/mol. The maximum Gasteiger partial charge on any atom is 0.261 e. The predicted octanol–water partition coefficient (Wildman–Crippen LogP) is 1.70. The molecule has 1 unspecified atom stereocenters. The highest BCUT2D eigenvalue weighted by atomic mass is 16.2. The molecule has 4 nitrogen and oxygen atoms in total. The van der Waals surface area contributed by atoms with Crippen LogP contribution in [-0.2, 0) is 0 Å². The fourth-order valence-corrected chi connectivity index (χ4v) is 2.08. The minimum atomic E-state index is -0.499. The number of pyridine rings is 1. The number of hydrogen-bond donors (Lipinski definition) is 1. The lowest BCUT2D eigenvalue weighted by Crippen LogP contribution is -2.32. The molecule has 1 aromatic carbocycles. The van der Waals surface area contributed by atoms with Crippen molar-refractivity contribution in [1.82, 2.24) is 4.98 Å². The summed E-state index contributed by atoms with van der Waals surface area (Å²) in [5, 5.41) is 0. The quantitative estimate of drug-likeness (QED) is 0.803. The second kappa shape index (κ2) is 3.68.